The van der Waals surface area contributed by atoms with Gasteiger partial charge in [0.15, 0.2) is 5.75 Å². The fourth-order valence-electron chi connectivity index (χ4n) is 3.43. The van der Waals surface area contributed by atoms with Gasteiger partial charge in [0.1, 0.15) is 5.82 Å². The van der Waals surface area contributed by atoms with Crippen LogP contribution in [0.2, 0.25) is 0 Å². The summed E-state index contributed by atoms with van der Waals surface area (Å²) in [6.45, 7) is 4.27. The first-order valence-electron chi connectivity index (χ1n) is 8.08. The first-order valence-corrected chi connectivity index (χ1v) is 8.08. The summed E-state index contributed by atoms with van der Waals surface area (Å²) < 4.78 is 6.00. The summed E-state index contributed by atoms with van der Waals surface area (Å²) in [4.78, 5) is 20.1. The Morgan fingerprint density at radius 3 is 2.91 bits per heavy atom. The number of aliphatic carboxylic acids is 1. The van der Waals surface area contributed by atoms with Crippen LogP contribution in [0.25, 0.3) is 0 Å². The van der Waals surface area contributed by atoms with Crippen LogP contribution in [0.1, 0.15) is 31.3 Å². The number of hydrogen-bond donors (Lipinski definition) is 1. The minimum atomic E-state index is -0.729. The largest absolute Gasteiger partial charge is 0.489 e. The number of allylic oxidation sites excluding steroid dienone is 4. The van der Waals surface area contributed by atoms with E-state index in [2.05, 4.69) is 22.1 Å². The minimum Gasteiger partial charge on any atom is -0.489 e. The Hall–Kier alpha value is -2.17. The quantitative estimate of drug-likeness (QED) is 0.874. The molecule has 3 atom stereocenters. The summed E-state index contributed by atoms with van der Waals surface area (Å²) in [5, 5.41) is 9.43. The summed E-state index contributed by atoms with van der Waals surface area (Å²) in [5.74, 6) is 0.542. The normalized spacial score (nSPS) is 28.6. The lowest BCUT2D eigenvalue weighted by Crippen LogP contribution is -2.27. The van der Waals surface area contributed by atoms with Crippen molar-refractivity contribution in [3.8, 4) is 5.75 Å². The number of carbonyl (C=O) groups is 1. The van der Waals surface area contributed by atoms with Gasteiger partial charge in [0.2, 0.25) is 0 Å². The van der Waals surface area contributed by atoms with Crippen LogP contribution in [0.15, 0.2) is 30.5 Å². The van der Waals surface area contributed by atoms with Gasteiger partial charge in [-0.3, -0.25) is 4.79 Å². The van der Waals surface area contributed by atoms with Crippen molar-refractivity contribution in [2.45, 2.75) is 33.1 Å². The molecule has 2 aliphatic rings. The average Bonchev–Trinajstić information content (AvgIpc) is 3.31. The van der Waals surface area contributed by atoms with Crippen LogP contribution < -0.4 is 4.74 Å². The molecule has 3 rings (SSSR count). The first kappa shape index (κ1) is 15.7. The number of carboxylic acids is 1. The molecule has 2 aliphatic carbocycles. The second-order valence-corrected chi connectivity index (χ2v) is 6.35. The summed E-state index contributed by atoms with van der Waals surface area (Å²) in [6, 6.07) is 0. The first-order chi connectivity index (χ1) is 11.1. The van der Waals surface area contributed by atoms with E-state index in [-0.39, 0.29) is 17.3 Å². The molecule has 1 aromatic heterocycles. The number of ether oxygens (including phenoxy) is 1. The molecule has 1 unspecified atom stereocenters. The molecule has 1 saturated carbocycles. The van der Waals surface area contributed by atoms with Crippen LogP contribution in [-0.4, -0.2) is 27.7 Å². The zero-order chi connectivity index (χ0) is 16.4. The van der Waals surface area contributed by atoms with Gasteiger partial charge < -0.3 is 9.84 Å². The van der Waals surface area contributed by atoms with E-state index >= 15 is 0 Å². The molecule has 0 radical (unpaired) electrons. The zero-order valence-corrected chi connectivity index (χ0v) is 13.5. The monoisotopic (exact) mass is 314 g/mol. The second-order valence-electron chi connectivity index (χ2n) is 6.35. The summed E-state index contributed by atoms with van der Waals surface area (Å²) in [7, 11) is 0. The molecule has 0 amide bonds. The third kappa shape index (κ3) is 3.00. The number of nitrogens with zero attached hydrogens (tertiary/aromatic N) is 2. The van der Waals surface area contributed by atoms with Gasteiger partial charge in [-0.2, -0.15) is 0 Å². The number of hydrogen-bond acceptors (Lipinski definition) is 4. The lowest BCUT2D eigenvalue weighted by atomic mass is 9.82. The highest BCUT2D eigenvalue weighted by Gasteiger charge is 2.62. The van der Waals surface area contributed by atoms with E-state index in [0.717, 1.165) is 24.4 Å². The van der Waals surface area contributed by atoms with Crippen LogP contribution in [-0.2, 0) is 11.2 Å². The molecule has 0 saturated heterocycles. The molecule has 0 aromatic carbocycles. The second kappa shape index (κ2) is 6.14. The highest BCUT2D eigenvalue weighted by Crippen LogP contribution is 2.60. The maximum Gasteiger partial charge on any atom is 0.307 e. The number of aryl methyl sites for hydroxylation is 2. The molecule has 23 heavy (non-hydrogen) atoms. The lowest BCUT2D eigenvalue weighted by Gasteiger charge is -2.26. The van der Waals surface area contributed by atoms with E-state index in [0.29, 0.717) is 18.8 Å². The molecule has 1 aromatic rings. The Bertz CT molecular complexity index is 668. The van der Waals surface area contributed by atoms with Gasteiger partial charge in [-0.05, 0) is 32.1 Å². The molecule has 0 spiro atoms. The van der Waals surface area contributed by atoms with Gasteiger partial charge in [0.05, 0.1) is 24.4 Å². The third-order valence-electron chi connectivity index (χ3n) is 4.92. The average molecular weight is 314 g/mol. The summed E-state index contributed by atoms with van der Waals surface area (Å²) >= 11 is 0. The van der Waals surface area contributed by atoms with Gasteiger partial charge in [0.25, 0.3) is 0 Å². The van der Waals surface area contributed by atoms with Crippen LogP contribution in [0.4, 0.5) is 0 Å². The molecule has 1 heterocycles. The van der Waals surface area contributed by atoms with Crippen molar-refractivity contribution >= 4 is 5.97 Å². The fourth-order valence-corrected chi connectivity index (χ4v) is 3.43. The van der Waals surface area contributed by atoms with E-state index in [4.69, 9.17) is 4.74 Å². The maximum atomic E-state index is 11.5. The van der Waals surface area contributed by atoms with Crippen LogP contribution in [0.5, 0.6) is 5.75 Å². The highest BCUT2D eigenvalue weighted by molar-refractivity contribution is 5.75. The Morgan fingerprint density at radius 1 is 1.48 bits per heavy atom. The number of rotatable bonds is 6. The molecular weight excluding hydrogens is 292 g/mol. The molecule has 0 bridgehead atoms. The van der Waals surface area contributed by atoms with Gasteiger partial charge in [-0.15, -0.1) is 0 Å². The molecule has 1 N–H and O–H groups in total. The van der Waals surface area contributed by atoms with Gasteiger partial charge in [0, 0.05) is 5.41 Å². The van der Waals surface area contributed by atoms with Gasteiger partial charge >= 0.3 is 5.97 Å². The molecule has 122 valence electrons. The van der Waals surface area contributed by atoms with E-state index in [1.807, 2.05) is 26.0 Å². The fraction of sp³-hybridized carbons (Fsp3) is 0.500. The predicted molar refractivity (Wildman–Crippen MR) is 86.2 cm³/mol. The summed E-state index contributed by atoms with van der Waals surface area (Å²) in [5.41, 5.74) is 0.558. The molecule has 1 fully saturated rings. The van der Waals surface area contributed by atoms with Crippen molar-refractivity contribution in [2.75, 3.05) is 6.61 Å². The lowest BCUT2D eigenvalue weighted by molar-refractivity contribution is -0.140. The molecular formula is C18H22N2O3. The SMILES string of the molecule is CCc1nc(C)ncc1OC[C@@]1(C2C=CC=CC2)C[C@H]1C(=O)O. The molecule has 0 aliphatic heterocycles. The third-order valence-corrected chi connectivity index (χ3v) is 4.92. The number of aromatic nitrogens is 2. The van der Waals surface area contributed by atoms with Gasteiger partial charge in [-0.1, -0.05) is 31.2 Å². The van der Waals surface area contributed by atoms with Crippen molar-refractivity contribution in [3.05, 3.63) is 42.0 Å². The Balaban J connectivity index is 1.77. The Labute approximate surface area is 136 Å². The topological polar surface area (TPSA) is 72.3 Å². The van der Waals surface area contributed by atoms with E-state index in [1.165, 1.54) is 0 Å². The van der Waals surface area contributed by atoms with Crippen LogP contribution in [0, 0.1) is 24.2 Å². The van der Waals surface area contributed by atoms with Gasteiger partial charge in [-0.25, -0.2) is 9.97 Å². The Kier molecular flexibility index (Phi) is 4.20. The Morgan fingerprint density at radius 2 is 2.30 bits per heavy atom. The minimum absolute atomic E-state index is 0.213. The van der Waals surface area contributed by atoms with E-state index in [9.17, 15) is 9.90 Å². The predicted octanol–water partition coefficient (Wildman–Crippen LogP) is 2.95. The van der Waals surface area contributed by atoms with Crippen molar-refractivity contribution in [1.82, 2.24) is 9.97 Å². The standard InChI is InChI=1S/C18H22N2O3/c1-3-15-16(10-19-12(2)20-15)23-11-18(9-14(18)17(21)22)13-7-5-4-6-8-13/h4-7,10,13-14H,3,8-9,11H2,1-2H3,(H,21,22)/t13?,14-,18+/m0/s1. The highest BCUT2D eigenvalue weighted by atomic mass is 16.5. The van der Waals surface area contributed by atoms with Crippen molar-refractivity contribution in [2.24, 2.45) is 17.3 Å². The molecule has 5 heteroatoms. The van der Waals surface area contributed by atoms with Crippen LogP contribution >= 0.6 is 0 Å². The smallest absolute Gasteiger partial charge is 0.307 e. The van der Waals surface area contributed by atoms with E-state index in [1.54, 1.807) is 6.20 Å². The maximum absolute atomic E-state index is 11.5. The van der Waals surface area contributed by atoms with E-state index < -0.39 is 5.97 Å². The summed E-state index contributed by atoms with van der Waals surface area (Å²) in [6.07, 6.45) is 12.2. The zero-order valence-electron chi connectivity index (χ0n) is 13.5. The van der Waals surface area contributed by atoms with Crippen molar-refractivity contribution < 1.29 is 14.6 Å². The molecule has 5 nitrogen and oxygen atoms in total. The van der Waals surface area contributed by atoms with Crippen molar-refractivity contribution in [3.63, 3.8) is 0 Å². The van der Waals surface area contributed by atoms with Crippen molar-refractivity contribution in [1.29, 1.82) is 0 Å². The van der Waals surface area contributed by atoms with Crippen LogP contribution in [0.3, 0.4) is 0 Å². The number of carboxylic acid groups (broad SMARTS) is 1.